The van der Waals surface area contributed by atoms with Crippen LogP contribution < -0.4 is 4.90 Å². The van der Waals surface area contributed by atoms with Gasteiger partial charge in [0.05, 0.1) is 5.69 Å². The maximum atomic E-state index is 4.73. The first-order valence-corrected chi connectivity index (χ1v) is 9.10. The number of hydrogen-bond acceptors (Lipinski definition) is 4. The highest BCUT2D eigenvalue weighted by molar-refractivity contribution is 5.83. The van der Waals surface area contributed by atoms with Gasteiger partial charge in [-0.25, -0.2) is 4.98 Å². The van der Waals surface area contributed by atoms with Gasteiger partial charge in [0.2, 0.25) is 0 Å². The Morgan fingerprint density at radius 2 is 1.56 bits per heavy atom. The molecular formula is C20H25N5. The number of aryl methyl sites for hydroxylation is 4. The van der Waals surface area contributed by atoms with E-state index in [1.807, 2.05) is 4.52 Å². The Hall–Kier alpha value is -2.43. The third-order valence-electron chi connectivity index (χ3n) is 5.17. The maximum absolute atomic E-state index is 4.73. The van der Waals surface area contributed by atoms with E-state index in [1.165, 1.54) is 47.1 Å². The van der Waals surface area contributed by atoms with Crippen molar-refractivity contribution < 1.29 is 0 Å². The van der Waals surface area contributed by atoms with Gasteiger partial charge in [-0.15, -0.1) is 0 Å². The standard InChI is InChI=1S/C20H25N5/c1-13-10-14(2)17(15(3)11-13)18-16(4)23-20-21-12-22-25(20)19(18)24-8-6-5-7-9-24/h10-12H,5-9H2,1-4H3. The molecule has 25 heavy (non-hydrogen) atoms. The molecule has 0 N–H and O–H groups in total. The molecule has 5 heteroatoms. The Morgan fingerprint density at radius 3 is 2.24 bits per heavy atom. The van der Waals surface area contributed by atoms with Crippen molar-refractivity contribution in [3.05, 3.63) is 40.8 Å². The molecule has 3 heterocycles. The summed E-state index contributed by atoms with van der Waals surface area (Å²) >= 11 is 0. The zero-order valence-corrected chi connectivity index (χ0v) is 15.5. The highest BCUT2D eigenvalue weighted by Gasteiger charge is 2.24. The van der Waals surface area contributed by atoms with Crippen molar-refractivity contribution in [3.8, 4) is 11.1 Å². The van der Waals surface area contributed by atoms with Crippen molar-refractivity contribution in [3.63, 3.8) is 0 Å². The van der Waals surface area contributed by atoms with E-state index >= 15 is 0 Å². The lowest BCUT2D eigenvalue weighted by molar-refractivity contribution is 0.568. The van der Waals surface area contributed by atoms with Crippen LogP contribution in [0.25, 0.3) is 16.9 Å². The Labute approximate surface area is 148 Å². The van der Waals surface area contributed by atoms with Crippen LogP contribution in [0.4, 0.5) is 5.82 Å². The molecule has 2 aromatic heterocycles. The summed E-state index contributed by atoms with van der Waals surface area (Å²) < 4.78 is 1.92. The number of rotatable bonds is 2. The SMILES string of the molecule is Cc1cc(C)c(-c2c(C)nc3ncnn3c2N2CCCCC2)c(C)c1. The molecular weight excluding hydrogens is 310 g/mol. The van der Waals surface area contributed by atoms with Crippen LogP contribution in [0.5, 0.6) is 0 Å². The van der Waals surface area contributed by atoms with Crippen molar-refractivity contribution in [1.82, 2.24) is 19.6 Å². The Kier molecular flexibility index (Phi) is 3.94. The number of fused-ring (bicyclic) bond motifs is 1. The van der Waals surface area contributed by atoms with E-state index in [9.17, 15) is 0 Å². The number of nitrogens with zero attached hydrogens (tertiary/aromatic N) is 5. The van der Waals surface area contributed by atoms with E-state index in [0.717, 1.165) is 24.6 Å². The van der Waals surface area contributed by atoms with E-state index in [2.05, 4.69) is 54.8 Å². The molecule has 1 aromatic carbocycles. The highest BCUT2D eigenvalue weighted by atomic mass is 15.4. The number of piperidine rings is 1. The van der Waals surface area contributed by atoms with E-state index in [1.54, 1.807) is 6.33 Å². The van der Waals surface area contributed by atoms with E-state index in [-0.39, 0.29) is 0 Å². The summed E-state index contributed by atoms with van der Waals surface area (Å²) in [6, 6.07) is 4.51. The molecule has 4 rings (SSSR count). The van der Waals surface area contributed by atoms with Crippen molar-refractivity contribution in [2.75, 3.05) is 18.0 Å². The lowest BCUT2D eigenvalue weighted by Crippen LogP contribution is -2.32. The molecule has 0 amide bonds. The monoisotopic (exact) mass is 335 g/mol. The van der Waals surface area contributed by atoms with Crippen LogP contribution in [0.2, 0.25) is 0 Å². The van der Waals surface area contributed by atoms with Gasteiger partial charge < -0.3 is 4.90 Å². The van der Waals surface area contributed by atoms with Gasteiger partial charge in [-0.1, -0.05) is 17.7 Å². The molecule has 0 spiro atoms. The molecule has 0 aliphatic carbocycles. The van der Waals surface area contributed by atoms with Crippen LogP contribution in [0.1, 0.15) is 41.6 Å². The Bertz CT molecular complexity index is 912. The molecule has 0 unspecified atom stereocenters. The first-order valence-electron chi connectivity index (χ1n) is 9.10. The van der Waals surface area contributed by atoms with Gasteiger partial charge >= 0.3 is 0 Å². The fourth-order valence-corrected chi connectivity index (χ4v) is 4.20. The van der Waals surface area contributed by atoms with E-state index in [4.69, 9.17) is 4.98 Å². The molecule has 1 saturated heterocycles. The molecule has 0 atom stereocenters. The summed E-state index contributed by atoms with van der Waals surface area (Å²) in [4.78, 5) is 11.5. The predicted octanol–water partition coefficient (Wildman–Crippen LogP) is 4.02. The summed E-state index contributed by atoms with van der Waals surface area (Å²) in [7, 11) is 0. The van der Waals surface area contributed by atoms with Crippen LogP contribution in [0.3, 0.4) is 0 Å². The summed E-state index contributed by atoms with van der Waals surface area (Å²) in [5.74, 6) is 1.83. The first-order chi connectivity index (χ1) is 12.1. The Balaban J connectivity index is 2.05. The summed E-state index contributed by atoms with van der Waals surface area (Å²) in [5, 5.41) is 4.50. The second kappa shape index (κ2) is 6.14. The maximum Gasteiger partial charge on any atom is 0.254 e. The average molecular weight is 335 g/mol. The molecule has 130 valence electrons. The molecule has 1 aliphatic rings. The minimum absolute atomic E-state index is 0.684. The van der Waals surface area contributed by atoms with E-state index in [0.29, 0.717) is 5.78 Å². The van der Waals surface area contributed by atoms with E-state index < -0.39 is 0 Å². The second-order valence-electron chi connectivity index (χ2n) is 7.19. The minimum atomic E-state index is 0.684. The minimum Gasteiger partial charge on any atom is -0.356 e. The molecule has 1 aliphatic heterocycles. The predicted molar refractivity (Wildman–Crippen MR) is 101 cm³/mol. The highest BCUT2D eigenvalue weighted by Crippen LogP contribution is 2.38. The van der Waals surface area contributed by atoms with Gasteiger partial charge in [0.25, 0.3) is 5.78 Å². The third kappa shape index (κ3) is 2.68. The molecule has 5 nitrogen and oxygen atoms in total. The molecule has 0 radical (unpaired) electrons. The lowest BCUT2D eigenvalue weighted by Gasteiger charge is -2.31. The number of aromatic nitrogens is 4. The second-order valence-corrected chi connectivity index (χ2v) is 7.19. The van der Waals surface area contributed by atoms with Crippen molar-refractivity contribution >= 4 is 11.6 Å². The van der Waals surface area contributed by atoms with Crippen molar-refractivity contribution in [2.45, 2.75) is 47.0 Å². The average Bonchev–Trinajstić information content (AvgIpc) is 3.02. The smallest absolute Gasteiger partial charge is 0.254 e. The van der Waals surface area contributed by atoms with Crippen LogP contribution in [-0.2, 0) is 0 Å². The third-order valence-corrected chi connectivity index (χ3v) is 5.17. The summed E-state index contributed by atoms with van der Waals surface area (Å²) in [6.45, 7) is 10.8. The summed E-state index contributed by atoms with van der Waals surface area (Å²) in [6.07, 6.45) is 5.36. The van der Waals surface area contributed by atoms with Gasteiger partial charge in [0.1, 0.15) is 12.1 Å². The van der Waals surface area contributed by atoms with Crippen LogP contribution in [0.15, 0.2) is 18.5 Å². The fraction of sp³-hybridized carbons (Fsp3) is 0.450. The van der Waals surface area contributed by atoms with Gasteiger partial charge in [-0.2, -0.15) is 14.6 Å². The number of anilines is 1. The Morgan fingerprint density at radius 1 is 0.880 bits per heavy atom. The van der Waals surface area contributed by atoms with Crippen LogP contribution in [-0.4, -0.2) is 32.7 Å². The fourth-order valence-electron chi connectivity index (χ4n) is 4.20. The van der Waals surface area contributed by atoms with Crippen molar-refractivity contribution in [2.24, 2.45) is 0 Å². The van der Waals surface area contributed by atoms with Crippen LogP contribution >= 0.6 is 0 Å². The normalized spacial score (nSPS) is 15.1. The first kappa shape index (κ1) is 16.1. The quantitative estimate of drug-likeness (QED) is 0.710. The van der Waals surface area contributed by atoms with Crippen molar-refractivity contribution in [1.29, 1.82) is 0 Å². The van der Waals surface area contributed by atoms with Gasteiger partial charge in [0.15, 0.2) is 0 Å². The number of benzene rings is 1. The van der Waals surface area contributed by atoms with Gasteiger partial charge in [0, 0.05) is 18.7 Å². The van der Waals surface area contributed by atoms with Gasteiger partial charge in [-0.3, -0.25) is 0 Å². The number of hydrogen-bond donors (Lipinski definition) is 0. The zero-order chi connectivity index (χ0) is 17.6. The zero-order valence-electron chi connectivity index (χ0n) is 15.5. The van der Waals surface area contributed by atoms with Crippen LogP contribution in [0, 0.1) is 27.7 Å². The lowest BCUT2D eigenvalue weighted by atomic mass is 9.92. The topological polar surface area (TPSA) is 46.3 Å². The van der Waals surface area contributed by atoms with Gasteiger partial charge in [-0.05, 0) is 63.6 Å². The molecule has 0 bridgehead atoms. The molecule has 3 aromatic rings. The molecule has 1 fully saturated rings. The molecule has 0 saturated carbocycles. The summed E-state index contributed by atoms with van der Waals surface area (Å²) in [5.41, 5.74) is 7.39. The largest absolute Gasteiger partial charge is 0.356 e.